The lowest BCUT2D eigenvalue weighted by Gasteiger charge is -2.19. The lowest BCUT2D eigenvalue weighted by Crippen LogP contribution is -2.32. The van der Waals surface area contributed by atoms with Gasteiger partial charge in [-0.1, -0.05) is 29.0 Å². The monoisotopic (exact) mass is 450 g/mol. The first kappa shape index (κ1) is 21.4. The van der Waals surface area contributed by atoms with Gasteiger partial charge < -0.3 is 8.98 Å². The van der Waals surface area contributed by atoms with Crippen LogP contribution in [0.1, 0.15) is 28.3 Å². The molecule has 0 spiro atoms. The van der Waals surface area contributed by atoms with Gasteiger partial charge in [0.1, 0.15) is 17.0 Å². The van der Waals surface area contributed by atoms with Gasteiger partial charge in [-0.25, -0.2) is 9.97 Å². The molecule has 0 saturated carbocycles. The molecular formula is C20H20Cl2N4O2S. The summed E-state index contributed by atoms with van der Waals surface area (Å²) >= 11 is 7.75. The molecule has 0 aliphatic heterocycles. The second-order valence-corrected chi connectivity index (χ2v) is 7.94. The maximum absolute atomic E-state index is 13.3. The van der Waals surface area contributed by atoms with Gasteiger partial charge in [0, 0.05) is 25.5 Å². The Morgan fingerprint density at radius 2 is 2.17 bits per heavy atom. The molecule has 0 bridgehead atoms. The number of hydrogen-bond donors (Lipinski definition) is 0. The number of aromatic nitrogens is 3. The fraction of sp³-hybridized carbons (Fsp3) is 0.250. The van der Waals surface area contributed by atoms with Crippen molar-refractivity contribution in [2.75, 3.05) is 11.4 Å². The van der Waals surface area contributed by atoms with Gasteiger partial charge in [-0.15, -0.1) is 12.4 Å². The Balaban J connectivity index is 0.00000240. The number of thiazole rings is 1. The van der Waals surface area contributed by atoms with Crippen LogP contribution in [-0.4, -0.2) is 27.0 Å². The van der Waals surface area contributed by atoms with Crippen LogP contribution < -0.4 is 4.90 Å². The predicted octanol–water partition coefficient (Wildman–Crippen LogP) is 5.51. The molecule has 0 aliphatic carbocycles. The molecule has 0 aliphatic rings. The van der Waals surface area contributed by atoms with Crippen LogP contribution in [0.25, 0.3) is 10.2 Å². The SMILES string of the molecule is Cc1cc(C(=O)N(CCCn2ccnc2)c2nc3c(Cl)cccc3s2)c(C)o1.Cl. The van der Waals surface area contributed by atoms with Crippen LogP contribution in [0.15, 0.2) is 47.4 Å². The maximum atomic E-state index is 13.3. The topological polar surface area (TPSA) is 64.2 Å². The van der Waals surface area contributed by atoms with Crippen LogP contribution in [0.4, 0.5) is 5.13 Å². The number of benzene rings is 1. The minimum atomic E-state index is -0.116. The quantitative estimate of drug-likeness (QED) is 0.388. The minimum Gasteiger partial charge on any atom is -0.466 e. The molecule has 0 atom stereocenters. The number of imidazole rings is 1. The number of aryl methyl sites for hydroxylation is 3. The number of carbonyl (C=O) groups is 1. The van der Waals surface area contributed by atoms with E-state index < -0.39 is 0 Å². The minimum absolute atomic E-state index is 0. The first-order valence-corrected chi connectivity index (χ1v) is 10.1. The summed E-state index contributed by atoms with van der Waals surface area (Å²) in [7, 11) is 0. The van der Waals surface area contributed by atoms with Crippen molar-refractivity contribution in [2.24, 2.45) is 0 Å². The van der Waals surface area contributed by atoms with Crippen LogP contribution in [-0.2, 0) is 6.54 Å². The second kappa shape index (κ2) is 8.98. The number of anilines is 1. The molecule has 1 amide bonds. The van der Waals surface area contributed by atoms with E-state index in [1.807, 2.05) is 35.9 Å². The van der Waals surface area contributed by atoms with Crippen LogP contribution in [0.2, 0.25) is 5.02 Å². The molecule has 4 aromatic rings. The number of para-hydroxylation sites is 1. The van der Waals surface area contributed by atoms with Crippen molar-refractivity contribution in [3.63, 3.8) is 0 Å². The van der Waals surface area contributed by atoms with Crippen LogP contribution in [0, 0.1) is 13.8 Å². The summed E-state index contributed by atoms with van der Waals surface area (Å²) in [5.41, 5.74) is 1.28. The number of amides is 1. The third kappa shape index (κ3) is 4.47. The molecule has 3 aromatic heterocycles. The zero-order valence-electron chi connectivity index (χ0n) is 16.0. The molecule has 0 unspecified atom stereocenters. The molecule has 1 aromatic carbocycles. The molecule has 0 N–H and O–H groups in total. The van der Waals surface area contributed by atoms with Gasteiger partial charge in [-0.2, -0.15) is 0 Å². The van der Waals surface area contributed by atoms with Gasteiger partial charge in [0.05, 0.1) is 21.6 Å². The summed E-state index contributed by atoms with van der Waals surface area (Å²) in [6.07, 6.45) is 6.19. The largest absolute Gasteiger partial charge is 0.466 e. The first-order chi connectivity index (χ1) is 13.5. The van der Waals surface area contributed by atoms with Crippen molar-refractivity contribution in [3.8, 4) is 0 Å². The van der Waals surface area contributed by atoms with Gasteiger partial charge in [-0.05, 0) is 38.5 Å². The average molecular weight is 451 g/mol. The number of furan rings is 1. The molecule has 152 valence electrons. The highest BCUT2D eigenvalue weighted by molar-refractivity contribution is 7.22. The fourth-order valence-electron chi connectivity index (χ4n) is 3.12. The fourth-order valence-corrected chi connectivity index (χ4v) is 4.41. The summed E-state index contributed by atoms with van der Waals surface area (Å²) in [5, 5.41) is 1.22. The van der Waals surface area contributed by atoms with E-state index in [-0.39, 0.29) is 18.3 Å². The van der Waals surface area contributed by atoms with Crippen LogP contribution >= 0.6 is 35.3 Å². The van der Waals surface area contributed by atoms with Crippen molar-refractivity contribution in [1.29, 1.82) is 0 Å². The summed E-state index contributed by atoms with van der Waals surface area (Å²) in [6.45, 7) is 4.93. The Morgan fingerprint density at radius 3 is 2.83 bits per heavy atom. The van der Waals surface area contributed by atoms with E-state index in [4.69, 9.17) is 16.0 Å². The molecular weight excluding hydrogens is 431 g/mol. The Labute approximate surface area is 183 Å². The van der Waals surface area contributed by atoms with E-state index in [0.717, 1.165) is 23.2 Å². The third-order valence-corrected chi connectivity index (χ3v) is 5.81. The van der Waals surface area contributed by atoms with E-state index in [2.05, 4.69) is 9.97 Å². The molecule has 0 radical (unpaired) electrons. The van der Waals surface area contributed by atoms with Gasteiger partial charge in [0.2, 0.25) is 0 Å². The van der Waals surface area contributed by atoms with Crippen LogP contribution in [0.3, 0.4) is 0 Å². The van der Waals surface area contributed by atoms with E-state index in [0.29, 0.717) is 33.8 Å². The number of fused-ring (bicyclic) bond motifs is 1. The van der Waals surface area contributed by atoms with E-state index >= 15 is 0 Å². The highest BCUT2D eigenvalue weighted by Crippen LogP contribution is 2.34. The summed E-state index contributed by atoms with van der Waals surface area (Å²) in [4.78, 5) is 23.7. The third-order valence-electron chi connectivity index (χ3n) is 4.46. The summed E-state index contributed by atoms with van der Waals surface area (Å²) < 4.78 is 8.51. The van der Waals surface area contributed by atoms with Gasteiger partial charge in [-0.3, -0.25) is 9.69 Å². The van der Waals surface area contributed by atoms with E-state index in [1.54, 1.807) is 30.4 Å². The van der Waals surface area contributed by atoms with Crippen LogP contribution in [0.5, 0.6) is 0 Å². The molecule has 0 saturated heterocycles. The second-order valence-electron chi connectivity index (χ2n) is 6.52. The number of nitrogens with zero attached hydrogens (tertiary/aromatic N) is 4. The Hall–Kier alpha value is -2.35. The average Bonchev–Trinajstić information content (AvgIpc) is 3.38. The molecule has 3 heterocycles. The van der Waals surface area contributed by atoms with Crippen molar-refractivity contribution < 1.29 is 9.21 Å². The van der Waals surface area contributed by atoms with Gasteiger partial charge >= 0.3 is 0 Å². The van der Waals surface area contributed by atoms with Crippen molar-refractivity contribution in [1.82, 2.24) is 14.5 Å². The Morgan fingerprint density at radius 1 is 1.34 bits per heavy atom. The first-order valence-electron chi connectivity index (χ1n) is 8.92. The van der Waals surface area contributed by atoms with Crippen molar-refractivity contribution in [2.45, 2.75) is 26.8 Å². The predicted molar refractivity (Wildman–Crippen MR) is 119 cm³/mol. The molecule has 0 fully saturated rings. The lowest BCUT2D eigenvalue weighted by molar-refractivity contribution is 0.0985. The number of carbonyl (C=O) groups excluding carboxylic acids is 1. The number of rotatable bonds is 6. The Bertz CT molecular complexity index is 1120. The Kier molecular flexibility index (Phi) is 6.62. The zero-order valence-corrected chi connectivity index (χ0v) is 18.4. The smallest absolute Gasteiger partial charge is 0.263 e. The summed E-state index contributed by atoms with van der Waals surface area (Å²) in [6, 6.07) is 7.44. The van der Waals surface area contributed by atoms with Crippen molar-refractivity contribution >= 4 is 56.6 Å². The number of halogens is 2. The standard InChI is InChI=1S/C20H19ClN4O2S.ClH/c1-13-11-15(14(2)27-13)19(26)25(9-4-8-24-10-7-22-12-24)20-23-18-16(21)5-3-6-17(18)28-20;/h3,5-7,10-12H,4,8-9H2,1-2H3;1H. The highest BCUT2D eigenvalue weighted by atomic mass is 35.5. The lowest BCUT2D eigenvalue weighted by atomic mass is 10.2. The maximum Gasteiger partial charge on any atom is 0.263 e. The van der Waals surface area contributed by atoms with Gasteiger partial charge in [0.15, 0.2) is 5.13 Å². The molecule has 4 rings (SSSR count). The molecule has 29 heavy (non-hydrogen) atoms. The van der Waals surface area contributed by atoms with Gasteiger partial charge in [0.25, 0.3) is 5.91 Å². The van der Waals surface area contributed by atoms with Crippen molar-refractivity contribution in [3.05, 3.63) is 65.1 Å². The zero-order chi connectivity index (χ0) is 19.7. The van der Waals surface area contributed by atoms with E-state index in [1.165, 1.54) is 11.3 Å². The molecule has 6 nitrogen and oxygen atoms in total. The summed E-state index contributed by atoms with van der Waals surface area (Å²) in [5.74, 6) is 1.21. The normalized spacial score (nSPS) is 10.9. The molecule has 9 heteroatoms. The highest BCUT2D eigenvalue weighted by Gasteiger charge is 2.24. The van der Waals surface area contributed by atoms with E-state index in [9.17, 15) is 4.79 Å². The number of hydrogen-bond acceptors (Lipinski definition) is 5.